The number of aryl methyl sites for hydroxylation is 1. The summed E-state index contributed by atoms with van der Waals surface area (Å²) >= 11 is 0. The molecule has 1 fully saturated rings. The molecule has 144 valence electrons. The second kappa shape index (κ2) is 8.30. The molecule has 5 heteroatoms. The van der Waals surface area contributed by atoms with Gasteiger partial charge in [-0.15, -0.1) is 0 Å². The first-order valence-electron chi connectivity index (χ1n) is 9.67. The van der Waals surface area contributed by atoms with Gasteiger partial charge in [0.15, 0.2) is 6.61 Å². The zero-order valence-corrected chi connectivity index (χ0v) is 16.0. The Morgan fingerprint density at radius 3 is 2.61 bits per heavy atom. The van der Waals surface area contributed by atoms with Crippen LogP contribution in [0.3, 0.4) is 0 Å². The molecule has 1 amide bonds. The van der Waals surface area contributed by atoms with Gasteiger partial charge in [-0.1, -0.05) is 35.9 Å². The minimum Gasteiger partial charge on any atom is -0.488 e. The van der Waals surface area contributed by atoms with Gasteiger partial charge in [0, 0.05) is 37.5 Å². The largest absolute Gasteiger partial charge is 0.488 e. The number of carbonyl (C=O) groups is 1. The molecule has 1 aromatic heterocycles. The van der Waals surface area contributed by atoms with Crippen molar-refractivity contribution in [3.63, 3.8) is 0 Å². The van der Waals surface area contributed by atoms with Crippen LogP contribution in [-0.4, -0.2) is 41.6 Å². The number of hydrogen-bond acceptors (Lipinski definition) is 4. The van der Waals surface area contributed by atoms with Crippen molar-refractivity contribution in [1.82, 2.24) is 9.88 Å². The second-order valence-corrected chi connectivity index (χ2v) is 7.13. The predicted molar refractivity (Wildman–Crippen MR) is 109 cm³/mol. The Morgan fingerprint density at radius 2 is 1.82 bits per heavy atom. The third-order valence-electron chi connectivity index (χ3n) is 5.07. The van der Waals surface area contributed by atoms with Gasteiger partial charge in [-0.25, -0.2) is 0 Å². The van der Waals surface area contributed by atoms with Gasteiger partial charge in [0.05, 0.1) is 0 Å². The van der Waals surface area contributed by atoms with Crippen molar-refractivity contribution in [2.24, 2.45) is 0 Å². The Kier molecular flexibility index (Phi) is 5.42. The first kappa shape index (κ1) is 18.3. The summed E-state index contributed by atoms with van der Waals surface area (Å²) in [5.74, 6) is 1.55. The van der Waals surface area contributed by atoms with Crippen molar-refractivity contribution in [2.45, 2.75) is 25.9 Å². The van der Waals surface area contributed by atoms with Crippen LogP contribution in [0.4, 0.5) is 0 Å². The standard InChI is InChI=1S/C23H24N2O3/c1-17-7-9-19(10-8-17)27-16-22(26)25-14-11-20(12-15-25)28-21-6-2-4-18-5-3-13-24-23(18)21/h2-10,13,20H,11-12,14-16H2,1H3. The molecule has 1 aliphatic rings. The van der Waals surface area contributed by atoms with Crippen LogP contribution >= 0.6 is 0 Å². The maximum absolute atomic E-state index is 12.4. The molecule has 4 rings (SSSR count). The van der Waals surface area contributed by atoms with Crippen molar-refractivity contribution in [1.29, 1.82) is 0 Å². The molecule has 2 heterocycles. The smallest absolute Gasteiger partial charge is 0.260 e. The van der Waals surface area contributed by atoms with Crippen LogP contribution in [0, 0.1) is 6.92 Å². The number of nitrogens with zero attached hydrogens (tertiary/aromatic N) is 2. The molecule has 0 spiro atoms. The number of likely N-dealkylation sites (tertiary alicyclic amines) is 1. The van der Waals surface area contributed by atoms with Crippen LogP contribution in [0.1, 0.15) is 18.4 Å². The fourth-order valence-corrected chi connectivity index (χ4v) is 3.44. The van der Waals surface area contributed by atoms with Crippen molar-refractivity contribution in [2.75, 3.05) is 19.7 Å². The van der Waals surface area contributed by atoms with E-state index >= 15 is 0 Å². The lowest BCUT2D eigenvalue weighted by molar-refractivity contribution is -0.135. The first-order chi connectivity index (χ1) is 13.7. The summed E-state index contributed by atoms with van der Waals surface area (Å²) in [4.78, 5) is 18.7. The van der Waals surface area contributed by atoms with Gasteiger partial charge in [-0.2, -0.15) is 0 Å². The summed E-state index contributed by atoms with van der Waals surface area (Å²) in [5.41, 5.74) is 2.05. The molecule has 2 aromatic carbocycles. The summed E-state index contributed by atoms with van der Waals surface area (Å²) in [6.07, 6.45) is 3.48. The molecule has 28 heavy (non-hydrogen) atoms. The van der Waals surface area contributed by atoms with E-state index in [4.69, 9.17) is 9.47 Å². The molecular weight excluding hydrogens is 352 g/mol. The molecule has 0 aliphatic carbocycles. The highest BCUT2D eigenvalue weighted by Crippen LogP contribution is 2.26. The summed E-state index contributed by atoms with van der Waals surface area (Å²) < 4.78 is 11.8. The molecule has 0 atom stereocenters. The summed E-state index contributed by atoms with van der Waals surface area (Å²) in [7, 11) is 0. The van der Waals surface area contributed by atoms with E-state index in [-0.39, 0.29) is 18.6 Å². The molecule has 5 nitrogen and oxygen atoms in total. The molecule has 0 unspecified atom stereocenters. The number of piperidine rings is 1. The number of rotatable bonds is 5. The monoisotopic (exact) mass is 376 g/mol. The van der Waals surface area contributed by atoms with Crippen LogP contribution in [0.15, 0.2) is 60.8 Å². The zero-order chi connectivity index (χ0) is 19.3. The number of ether oxygens (including phenoxy) is 2. The number of pyridine rings is 1. The number of carbonyl (C=O) groups excluding carboxylic acids is 1. The molecule has 0 radical (unpaired) electrons. The van der Waals surface area contributed by atoms with Crippen LogP contribution < -0.4 is 9.47 Å². The molecule has 0 saturated carbocycles. The minimum absolute atomic E-state index is 0.0193. The van der Waals surface area contributed by atoms with Crippen LogP contribution in [0.25, 0.3) is 10.9 Å². The molecule has 1 aliphatic heterocycles. The Morgan fingerprint density at radius 1 is 1.07 bits per heavy atom. The highest BCUT2D eigenvalue weighted by atomic mass is 16.5. The van der Waals surface area contributed by atoms with Gasteiger partial charge in [0.1, 0.15) is 23.1 Å². The van der Waals surface area contributed by atoms with Crippen LogP contribution in [0.5, 0.6) is 11.5 Å². The predicted octanol–water partition coefficient (Wildman–Crippen LogP) is 3.99. The maximum atomic E-state index is 12.4. The normalized spacial score (nSPS) is 14.8. The third kappa shape index (κ3) is 4.25. The lowest BCUT2D eigenvalue weighted by Crippen LogP contribution is -2.43. The fraction of sp³-hybridized carbons (Fsp3) is 0.304. The fourth-order valence-electron chi connectivity index (χ4n) is 3.44. The van der Waals surface area contributed by atoms with E-state index in [2.05, 4.69) is 4.98 Å². The van der Waals surface area contributed by atoms with Gasteiger partial charge >= 0.3 is 0 Å². The van der Waals surface area contributed by atoms with Gasteiger partial charge in [-0.05, 0) is 31.2 Å². The average Bonchev–Trinajstić information content (AvgIpc) is 2.74. The van der Waals surface area contributed by atoms with Crippen molar-refractivity contribution in [3.8, 4) is 11.5 Å². The Balaban J connectivity index is 1.29. The van der Waals surface area contributed by atoms with Gasteiger partial charge in [-0.3, -0.25) is 9.78 Å². The van der Waals surface area contributed by atoms with Crippen LogP contribution in [0.2, 0.25) is 0 Å². The SMILES string of the molecule is Cc1ccc(OCC(=O)N2CCC(Oc3cccc4cccnc34)CC2)cc1. The highest BCUT2D eigenvalue weighted by Gasteiger charge is 2.24. The highest BCUT2D eigenvalue weighted by molar-refractivity contribution is 5.84. The second-order valence-electron chi connectivity index (χ2n) is 7.13. The summed E-state index contributed by atoms with van der Waals surface area (Å²) in [6, 6.07) is 17.7. The molecule has 3 aromatic rings. The van der Waals surface area contributed by atoms with Gasteiger partial charge in [0.25, 0.3) is 5.91 Å². The Labute approximate surface area is 164 Å². The number of fused-ring (bicyclic) bond motifs is 1. The van der Waals surface area contributed by atoms with E-state index in [0.717, 1.165) is 35.2 Å². The van der Waals surface area contributed by atoms with Crippen molar-refractivity contribution < 1.29 is 14.3 Å². The molecule has 0 N–H and O–H groups in total. The average molecular weight is 376 g/mol. The molecule has 1 saturated heterocycles. The first-order valence-corrected chi connectivity index (χ1v) is 9.67. The maximum Gasteiger partial charge on any atom is 0.260 e. The van der Waals surface area contributed by atoms with Crippen LogP contribution in [-0.2, 0) is 4.79 Å². The van der Waals surface area contributed by atoms with Gasteiger partial charge < -0.3 is 14.4 Å². The summed E-state index contributed by atoms with van der Waals surface area (Å²) in [5, 5.41) is 1.07. The van der Waals surface area contributed by atoms with E-state index in [1.54, 1.807) is 6.20 Å². The lowest BCUT2D eigenvalue weighted by atomic mass is 10.1. The minimum atomic E-state index is 0.0193. The number of amides is 1. The molecular formula is C23H24N2O3. The van der Waals surface area contributed by atoms with Gasteiger partial charge in [0.2, 0.25) is 0 Å². The number of aromatic nitrogens is 1. The molecule has 0 bridgehead atoms. The third-order valence-corrected chi connectivity index (χ3v) is 5.07. The number of benzene rings is 2. The van der Waals surface area contributed by atoms with E-state index in [1.165, 1.54) is 5.56 Å². The van der Waals surface area contributed by atoms with Crippen molar-refractivity contribution >= 4 is 16.8 Å². The zero-order valence-electron chi connectivity index (χ0n) is 16.0. The number of para-hydroxylation sites is 1. The van der Waals surface area contributed by atoms with E-state index < -0.39 is 0 Å². The van der Waals surface area contributed by atoms with E-state index in [0.29, 0.717) is 13.1 Å². The van der Waals surface area contributed by atoms with Crippen molar-refractivity contribution in [3.05, 3.63) is 66.4 Å². The topological polar surface area (TPSA) is 51.7 Å². The Bertz CT molecular complexity index is 942. The lowest BCUT2D eigenvalue weighted by Gasteiger charge is -2.32. The Hall–Kier alpha value is -3.08. The quantitative estimate of drug-likeness (QED) is 0.676. The van der Waals surface area contributed by atoms with E-state index in [9.17, 15) is 4.79 Å². The summed E-state index contributed by atoms with van der Waals surface area (Å²) in [6.45, 7) is 3.45. The number of hydrogen-bond donors (Lipinski definition) is 0. The van der Waals surface area contributed by atoms with E-state index in [1.807, 2.05) is 66.4 Å².